The van der Waals surface area contributed by atoms with Gasteiger partial charge in [0.05, 0.1) is 41.1 Å². The summed E-state index contributed by atoms with van der Waals surface area (Å²) in [6.07, 6.45) is 1.29. The quantitative estimate of drug-likeness (QED) is 0.262. The number of ketones is 1. The summed E-state index contributed by atoms with van der Waals surface area (Å²) in [4.78, 5) is 26.2. The van der Waals surface area contributed by atoms with Crippen LogP contribution >= 0.6 is 11.3 Å². The van der Waals surface area contributed by atoms with Crippen LogP contribution in [0.25, 0.3) is 6.08 Å². The molecule has 1 aromatic heterocycles. The highest BCUT2D eigenvalue weighted by Gasteiger charge is 2.53. The number of thiazole rings is 1. The molecule has 3 rings (SSSR count). The van der Waals surface area contributed by atoms with Gasteiger partial charge in [0.2, 0.25) is 10.7 Å². The van der Waals surface area contributed by atoms with Gasteiger partial charge >= 0.3 is 5.97 Å². The molecule has 2 aliphatic rings. The molecule has 202 valence electrons. The second-order valence-corrected chi connectivity index (χ2v) is 12.5. The normalized spacial score (nSPS) is 36.8. The molecule has 1 unspecified atom stereocenters. The van der Waals surface area contributed by atoms with Gasteiger partial charge in [-0.25, -0.2) is 0 Å². The summed E-state index contributed by atoms with van der Waals surface area (Å²) in [6, 6.07) is 0. The van der Waals surface area contributed by atoms with Gasteiger partial charge in [0.25, 0.3) is 0 Å². The second kappa shape index (κ2) is 10.9. The number of aromatic nitrogens is 1. The zero-order valence-electron chi connectivity index (χ0n) is 22.4. The molecule has 0 saturated carbocycles. The third-order valence-corrected chi connectivity index (χ3v) is 9.03. The summed E-state index contributed by atoms with van der Waals surface area (Å²) in [5.41, 5.74) is -0.407. The molecule has 2 fully saturated rings. The topological polar surface area (TPSA) is 123 Å². The first-order chi connectivity index (χ1) is 16.7. The van der Waals surface area contributed by atoms with Gasteiger partial charge in [0, 0.05) is 25.3 Å². The maximum absolute atomic E-state index is 13.2. The van der Waals surface area contributed by atoms with Crippen LogP contribution in [-0.2, 0) is 19.1 Å². The molecular formula is C27H41NO7S. The lowest BCUT2D eigenvalue weighted by Crippen LogP contribution is -2.45. The summed E-state index contributed by atoms with van der Waals surface area (Å²) in [5.74, 6) is -1.69. The lowest BCUT2D eigenvalue weighted by molar-refractivity contribution is -0.608. The van der Waals surface area contributed by atoms with Crippen molar-refractivity contribution in [2.75, 3.05) is 0 Å². The molecule has 9 heteroatoms. The van der Waals surface area contributed by atoms with Crippen LogP contribution in [0.3, 0.4) is 0 Å². The van der Waals surface area contributed by atoms with Crippen molar-refractivity contribution < 1.29 is 34.0 Å². The minimum atomic E-state index is -1.27. The predicted molar refractivity (Wildman–Crippen MR) is 137 cm³/mol. The maximum Gasteiger partial charge on any atom is 0.309 e. The van der Waals surface area contributed by atoms with E-state index in [0.29, 0.717) is 22.7 Å². The first-order valence-corrected chi connectivity index (χ1v) is 13.7. The summed E-state index contributed by atoms with van der Waals surface area (Å²) in [5, 5.41) is 36.4. The number of nitrogens with zero attached hydrogens (tertiary/aromatic N) is 1. The number of fused-ring (bicyclic) bond motifs is 1. The molecule has 8 nitrogen and oxygen atoms in total. The van der Waals surface area contributed by atoms with E-state index in [-0.39, 0.29) is 29.8 Å². The summed E-state index contributed by atoms with van der Waals surface area (Å²) >= 11 is 1.35. The molecule has 36 heavy (non-hydrogen) atoms. The third-order valence-electron chi connectivity index (χ3n) is 8.16. The Kier molecular flexibility index (Phi) is 8.70. The predicted octanol–water partition coefficient (Wildman–Crippen LogP) is 3.72. The highest BCUT2D eigenvalue weighted by atomic mass is 32.1. The Bertz CT molecular complexity index is 1000. The molecule has 0 amide bonds. The fraction of sp³-hybridized carbons (Fsp3) is 0.741. The Hall–Kier alpha value is -1.81. The van der Waals surface area contributed by atoms with Crippen LogP contribution in [0.2, 0.25) is 0 Å². The fourth-order valence-corrected chi connectivity index (χ4v) is 5.79. The van der Waals surface area contributed by atoms with Crippen LogP contribution < -0.4 is 4.73 Å². The van der Waals surface area contributed by atoms with E-state index >= 15 is 0 Å². The number of aliphatic hydroxyl groups excluding tert-OH is 2. The summed E-state index contributed by atoms with van der Waals surface area (Å²) in [6.45, 7) is 12.4. The van der Waals surface area contributed by atoms with Gasteiger partial charge in [-0.05, 0) is 38.2 Å². The second-order valence-electron chi connectivity index (χ2n) is 11.5. The van der Waals surface area contributed by atoms with Crippen molar-refractivity contribution >= 4 is 29.2 Å². The Morgan fingerprint density at radius 2 is 1.92 bits per heavy atom. The Morgan fingerprint density at radius 3 is 2.53 bits per heavy atom. The molecule has 2 N–H and O–H groups in total. The number of ether oxygens (including phenoxy) is 2. The minimum Gasteiger partial charge on any atom is -0.617 e. The average molecular weight is 524 g/mol. The van der Waals surface area contributed by atoms with Crippen molar-refractivity contribution in [3.63, 3.8) is 0 Å². The van der Waals surface area contributed by atoms with Crippen molar-refractivity contribution in [1.29, 1.82) is 0 Å². The molecule has 2 saturated heterocycles. The molecule has 0 aliphatic carbocycles. The van der Waals surface area contributed by atoms with Gasteiger partial charge in [0.15, 0.2) is 0 Å². The number of aryl methyl sites for hydroxylation is 1. The van der Waals surface area contributed by atoms with E-state index in [1.54, 1.807) is 39.2 Å². The molecule has 0 radical (unpaired) electrons. The monoisotopic (exact) mass is 523 g/mol. The van der Waals surface area contributed by atoms with Crippen molar-refractivity contribution in [2.24, 2.45) is 17.3 Å². The number of carbonyl (C=O) groups excluding carboxylic acids is 2. The van der Waals surface area contributed by atoms with Crippen molar-refractivity contribution in [3.8, 4) is 0 Å². The SMILES string of the molecule is C/C(=C\c1csc(C)[n+]1[O-])[C@@H]1CC2O[C@]2(C)CCC[C@H](C)[C@H](O)[C@@H](C)C(=O)C(C)(C)[C@@H](O)CC(=O)O1. The minimum absolute atomic E-state index is 0.0960. The van der Waals surface area contributed by atoms with E-state index in [1.165, 1.54) is 11.3 Å². The molecule has 0 bridgehead atoms. The first-order valence-electron chi connectivity index (χ1n) is 12.8. The van der Waals surface area contributed by atoms with E-state index in [1.807, 2.05) is 20.8 Å². The number of hydrogen-bond acceptors (Lipinski definition) is 8. The van der Waals surface area contributed by atoms with E-state index in [4.69, 9.17) is 9.47 Å². The molecule has 0 spiro atoms. The number of rotatable bonds is 2. The van der Waals surface area contributed by atoms with Crippen LogP contribution in [0, 0.1) is 29.4 Å². The van der Waals surface area contributed by atoms with Crippen LogP contribution in [-0.4, -0.2) is 52.0 Å². The van der Waals surface area contributed by atoms with Gasteiger partial charge in [-0.15, -0.1) is 0 Å². The number of hydrogen-bond donors (Lipinski definition) is 2. The van der Waals surface area contributed by atoms with E-state index < -0.39 is 35.6 Å². The average Bonchev–Trinajstić information content (AvgIpc) is 3.34. The number of esters is 1. The van der Waals surface area contributed by atoms with Gasteiger partial charge in [-0.2, -0.15) is 4.73 Å². The molecule has 3 heterocycles. The molecule has 0 aromatic carbocycles. The van der Waals surface area contributed by atoms with E-state index in [0.717, 1.165) is 24.0 Å². The fourth-order valence-electron chi connectivity index (χ4n) is 5.14. The maximum atomic E-state index is 13.2. The van der Waals surface area contributed by atoms with Gasteiger partial charge in [0.1, 0.15) is 11.9 Å². The number of epoxide rings is 1. The number of aliphatic hydroxyl groups is 2. The summed E-state index contributed by atoms with van der Waals surface area (Å²) < 4.78 is 12.7. The standard InChI is InChI=1S/C27H41NO7S/c1-15-9-8-10-27(7)22(35-27)12-20(16(2)11-19-14-36-18(4)28(19)33)34-23(30)13-21(29)26(5,6)25(32)17(3)24(15)31/h11,14-15,17,20-22,24,29,31H,8-10,12-13H2,1-7H3/b16-11+/t15-,17+,20-,21-,22?,24-,27+/m0/s1. The largest absolute Gasteiger partial charge is 0.617 e. The Labute approximate surface area is 217 Å². The molecular weight excluding hydrogens is 482 g/mol. The van der Waals surface area contributed by atoms with Gasteiger partial charge in [-0.3, -0.25) is 9.59 Å². The molecule has 1 aromatic rings. The van der Waals surface area contributed by atoms with Crippen molar-refractivity contribution in [3.05, 3.63) is 26.9 Å². The van der Waals surface area contributed by atoms with Crippen molar-refractivity contribution in [1.82, 2.24) is 0 Å². The zero-order chi connectivity index (χ0) is 27.0. The smallest absolute Gasteiger partial charge is 0.309 e. The van der Waals surface area contributed by atoms with Crippen molar-refractivity contribution in [2.45, 2.75) is 111 Å². The third kappa shape index (κ3) is 6.18. The Balaban J connectivity index is 1.88. The van der Waals surface area contributed by atoms with Crippen LogP contribution in [0.15, 0.2) is 11.0 Å². The van der Waals surface area contributed by atoms with Gasteiger partial charge < -0.3 is 24.9 Å². The highest BCUT2D eigenvalue weighted by Crippen LogP contribution is 2.45. The van der Waals surface area contributed by atoms with Crippen LogP contribution in [0.4, 0.5) is 0 Å². The first kappa shape index (κ1) is 28.8. The highest BCUT2D eigenvalue weighted by molar-refractivity contribution is 7.09. The van der Waals surface area contributed by atoms with E-state index in [9.17, 15) is 25.0 Å². The lowest BCUT2D eigenvalue weighted by atomic mass is 9.73. The van der Waals surface area contributed by atoms with Gasteiger partial charge in [-0.1, -0.05) is 45.5 Å². The number of cyclic esters (lactones) is 1. The van der Waals surface area contributed by atoms with Crippen LogP contribution in [0.5, 0.6) is 0 Å². The zero-order valence-corrected chi connectivity index (χ0v) is 23.3. The number of Topliss-reactive ketones (excluding diaryl/α,β-unsaturated/α-hetero) is 1. The van der Waals surface area contributed by atoms with E-state index in [2.05, 4.69) is 0 Å². The molecule has 7 atom stereocenters. The number of carbonyl (C=O) groups is 2. The summed E-state index contributed by atoms with van der Waals surface area (Å²) in [7, 11) is 0. The van der Waals surface area contributed by atoms with Crippen LogP contribution in [0.1, 0.15) is 84.3 Å². The molecule has 2 aliphatic heterocycles. The lowest BCUT2D eigenvalue weighted by Gasteiger charge is -2.34. The Morgan fingerprint density at radius 1 is 1.25 bits per heavy atom.